The van der Waals surface area contributed by atoms with Gasteiger partial charge in [-0.25, -0.2) is 4.79 Å². The van der Waals surface area contributed by atoms with Crippen LogP contribution in [-0.2, 0) is 16.2 Å². The molecule has 0 amide bonds. The summed E-state index contributed by atoms with van der Waals surface area (Å²) >= 11 is 1.52. The number of oxime groups is 1. The molecule has 0 aliphatic rings. The molecule has 0 aliphatic carbocycles. The number of benzene rings is 3. The third-order valence-corrected chi connectivity index (χ3v) is 8.02. The lowest BCUT2D eigenvalue weighted by atomic mass is 9.99. The molecule has 6 heteroatoms. The molecule has 40 heavy (non-hydrogen) atoms. The molecule has 3 aromatic carbocycles. The van der Waals surface area contributed by atoms with E-state index in [1.807, 2.05) is 67.6 Å². The number of nitrogens with zero attached hydrogens (tertiary/aromatic N) is 2. The van der Waals surface area contributed by atoms with Crippen LogP contribution >= 0.6 is 11.3 Å². The quantitative estimate of drug-likeness (QED) is 0.0608. The third-order valence-electron chi connectivity index (χ3n) is 6.91. The number of thiophene rings is 1. The van der Waals surface area contributed by atoms with Crippen molar-refractivity contribution in [2.24, 2.45) is 5.16 Å². The van der Waals surface area contributed by atoms with Crippen LogP contribution in [-0.4, -0.2) is 22.0 Å². The minimum Gasteiger partial charge on any atom is -0.341 e. The lowest BCUT2D eigenvalue weighted by molar-refractivity contribution is -0.140. The van der Waals surface area contributed by atoms with Crippen LogP contribution in [0.2, 0.25) is 0 Å². The molecule has 5 nitrogen and oxygen atoms in total. The average Bonchev–Trinajstić information content (AvgIpc) is 3.53. The van der Waals surface area contributed by atoms with Crippen LogP contribution in [0.15, 0.2) is 95.7 Å². The summed E-state index contributed by atoms with van der Waals surface area (Å²) in [7, 11) is 0. The number of carbonyl (C=O) groups excluding carboxylic acids is 2. The summed E-state index contributed by atoms with van der Waals surface area (Å²) in [5.41, 5.74) is 5.46. The average molecular weight is 549 g/mol. The van der Waals surface area contributed by atoms with E-state index in [0.29, 0.717) is 17.7 Å². The second-order valence-electron chi connectivity index (χ2n) is 9.83. The van der Waals surface area contributed by atoms with Gasteiger partial charge in [0.1, 0.15) is 0 Å². The Labute approximate surface area is 238 Å². The minimum absolute atomic E-state index is 0.0228. The second kappa shape index (κ2) is 11.8. The largest absolute Gasteiger partial charge is 0.341 e. The summed E-state index contributed by atoms with van der Waals surface area (Å²) in [5, 5.41) is 7.35. The fraction of sp³-hybridized carbons (Fsp3) is 0.206. The Balaban J connectivity index is 1.60. The number of hydrogen-bond acceptors (Lipinski definition) is 5. The highest BCUT2D eigenvalue weighted by molar-refractivity contribution is 7.21. The van der Waals surface area contributed by atoms with Crippen LogP contribution in [0.5, 0.6) is 0 Å². The molecule has 0 unspecified atom stereocenters. The number of aryl methyl sites for hydroxylation is 1. The molecule has 0 N–H and O–H groups in total. The maximum absolute atomic E-state index is 13.5. The normalized spacial score (nSPS) is 12.7. The molecule has 2 aromatic heterocycles. The SMILES string of the molecule is CC/C=C\C=C(/C)C/C(=N\OC(C)=O)c1ccc2c(c1)c1cc(C(=O)c3cc4ccccc4s3)ccc1n2CC. The Kier molecular flexibility index (Phi) is 8.08. The van der Waals surface area contributed by atoms with Gasteiger partial charge in [-0.1, -0.05) is 60.1 Å². The highest BCUT2D eigenvalue weighted by Crippen LogP contribution is 2.33. The van der Waals surface area contributed by atoms with Crippen molar-refractivity contribution in [1.29, 1.82) is 0 Å². The van der Waals surface area contributed by atoms with Crippen molar-refractivity contribution >= 4 is 60.7 Å². The van der Waals surface area contributed by atoms with Gasteiger partial charge in [0.05, 0.1) is 10.6 Å². The summed E-state index contributed by atoms with van der Waals surface area (Å²) in [6.07, 6.45) is 7.68. The molecule has 5 aromatic rings. The number of fused-ring (bicyclic) bond motifs is 4. The van der Waals surface area contributed by atoms with E-state index < -0.39 is 5.97 Å². The van der Waals surface area contributed by atoms with Crippen molar-refractivity contribution in [2.75, 3.05) is 0 Å². The topological polar surface area (TPSA) is 60.7 Å². The van der Waals surface area contributed by atoms with E-state index in [-0.39, 0.29) is 5.78 Å². The van der Waals surface area contributed by atoms with E-state index in [9.17, 15) is 9.59 Å². The van der Waals surface area contributed by atoms with E-state index in [1.165, 1.54) is 18.3 Å². The first kappa shape index (κ1) is 27.3. The monoisotopic (exact) mass is 548 g/mol. The first-order valence-corrected chi connectivity index (χ1v) is 14.4. The Morgan fingerprint density at radius 3 is 2.30 bits per heavy atom. The predicted octanol–water partition coefficient (Wildman–Crippen LogP) is 8.83. The molecule has 0 bridgehead atoms. The maximum Gasteiger partial charge on any atom is 0.331 e. The zero-order valence-corrected chi connectivity index (χ0v) is 24.0. The number of aromatic nitrogens is 1. The van der Waals surface area contributed by atoms with Gasteiger partial charge in [-0.3, -0.25) is 4.79 Å². The third kappa shape index (κ3) is 5.54. The number of allylic oxidation sites excluding steroid dienone is 4. The molecule has 0 saturated heterocycles. The van der Waals surface area contributed by atoms with Gasteiger partial charge in [0.25, 0.3) is 0 Å². The lowest BCUT2D eigenvalue weighted by Crippen LogP contribution is -2.05. The standard InChI is InChI=1S/C34H32N2O3S/c1-5-7-8-11-22(3)18-29(35-39-23(4)37)24-14-16-30-27(19-24)28-20-26(15-17-31(28)36(30)6-2)34(38)33-21-25-12-9-10-13-32(25)40-33/h7-17,19-21H,5-6,18H2,1-4H3/b8-7-,22-11+,35-29+. The molecule has 0 radical (unpaired) electrons. The number of carbonyl (C=O) groups is 2. The fourth-order valence-electron chi connectivity index (χ4n) is 5.00. The second-order valence-corrected chi connectivity index (χ2v) is 10.9. The van der Waals surface area contributed by atoms with E-state index in [1.54, 1.807) is 0 Å². The summed E-state index contributed by atoms with van der Waals surface area (Å²) in [5.74, 6) is -0.437. The maximum atomic E-state index is 13.5. The van der Waals surface area contributed by atoms with Crippen molar-refractivity contribution in [2.45, 2.75) is 47.1 Å². The van der Waals surface area contributed by atoms with E-state index in [2.05, 4.69) is 47.9 Å². The van der Waals surface area contributed by atoms with Crippen molar-refractivity contribution in [3.8, 4) is 0 Å². The summed E-state index contributed by atoms with van der Waals surface area (Å²) < 4.78 is 3.36. The molecule has 0 saturated carbocycles. The number of ketones is 1. The molecule has 5 rings (SSSR count). The van der Waals surface area contributed by atoms with Crippen molar-refractivity contribution < 1.29 is 14.4 Å². The number of hydrogen-bond donors (Lipinski definition) is 0. The van der Waals surface area contributed by atoms with Crippen LogP contribution in [0.25, 0.3) is 31.9 Å². The predicted molar refractivity (Wildman–Crippen MR) is 166 cm³/mol. The van der Waals surface area contributed by atoms with Crippen LogP contribution in [0.4, 0.5) is 0 Å². The van der Waals surface area contributed by atoms with Gasteiger partial charge in [0, 0.05) is 57.5 Å². The van der Waals surface area contributed by atoms with Crippen LogP contribution in [0.3, 0.4) is 0 Å². The highest BCUT2D eigenvalue weighted by Gasteiger charge is 2.18. The van der Waals surface area contributed by atoms with Gasteiger partial charge in [-0.2, -0.15) is 0 Å². The van der Waals surface area contributed by atoms with Crippen molar-refractivity contribution in [3.05, 3.63) is 107 Å². The molecule has 0 aliphatic heterocycles. The van der Waals surface area contributed by atoms with Gasteiger partial charge in [0.2, 0.25) is 5.78 Å². The minimum atomic E-state index is -0.460. The Morgan fingerprint density at radius 1 is 0.925 bits per heavy atom. The van der Waals surface area contributed by atoms with Gasteiger partial charge < -0.3 is 9.40 Å². The molecule has 2 heterocycles. The highest BCUT2D eigenvalue weighted by atomic mass is 32.1. The molecule has 0 atom stereocenters. The van der Waals surface area contributed by atoms with E-state index >= 15 is 0 Å². The summed E-state index contributed by atoms with van der Waals surface area (Å²) in [6, 6.07) is 22.2. The van der Waals surface area contributed by atoms with E-state index in [0.717, 1.165) is 60.9 Å². The Morgan fingerprint density at radius 2 is 1.62 bits per heavy atom. The number of rotatable bonds is 9. The van der Waals surface area contributed by atoms with Crippen LogP contribution in [0, 0.1) is 0 Å². The Bertz CT molecular complexity index is 1800. The van der Waals surface area contributed by atoms with Crippen LogP contribution < -0.4 is 0 Å². The van der Waals surface area contributed by atoms with E-state index in [4.69, 9.17) is 4.84 Å². The molecule has 0 fully saturated rings. The Hall–Kier alpha value is -4.29. The molecular weight excluding hydrogens is 516 g/mol. The summed E-state index contributed by atoms with van der Waals surface area (Å²) in [4.78, 5) is 31.0. The molecular formula is C34H32N2O3S. The molecule has 202 valence electrons. The van der Waals surface area contributed by atoms with Crippen molar-refractivity contribution in [3.63, 3.8) is 0 Å². The van der Waals surface area contributed by atoms with Crippen LogP contribution in [0.1, 0.15) is 61.3 Å². The smallest absolute Gasteiger partial charge is 0.331 e. The summed E-state index contributed by atoms with van der Waals surface area (Å²) in [6.45, 7) is 8.39. The van der Waals surface area contributed by atoms with Crippen molar-refractivity contribution in [1.82, 2.24) is 4.57 Å². The van der Waals surface area contributed by atoms with Gasteiger partial charge in [-0.05, 0) is 68.1 Å². The first-order chi connectivity index (χ1) is 19.4. The van der Waals surface area contributed by atoms with Gasteiger partial charge >= 0.3 is 5.97 Å². The zero-order chi connectivity index (χ0) is 28.2. The first-order valence-electron chi connectivity index (χ1n) is 13.6. The fourth-order valence-corrected chi connectivity index (χ4v) is 6.02. The lowest BCUT2D eigenvalue weighted by Gasteiger charge is -2.08. The van der Waals surface area contributed by atoms with Gasteiger partial charge in [0.15, 0.2) is 0 Å². The molecule has 0 spiro atoms. The van der Waals surface area contributed by atoms with Gasteiger partial charge in [-0.15, -0.1) is 11.3 Å². The zero-order valence-electron chi connectivity index (χ0n) is 23.2.